The summed E-state index contributed by atoms with van der Waals surface area (Å²) >= 11 is 0. The zero-order valence-electron chi connectivity index (χ0n) is 8.69. The van der Waals surface area contributed by atoms with Crippen molar-refractivity contribution in [3.63, 3.8) is 0 Å². The van der Waals surface area contributed by atoms with Gasteiger partial charge < -0.3 is 4.74 Å². The number of ether oxygens (including phenoxy) is 1. The molecule has 4 nitrogen and oxygen atoms in total. The molecular formula is C9H17N3O. The van der Waals surface area contributed by atoms with Gasteiger partial charge in [-0.2, -0.15) is 0 Å². The molecule has 0 N–H and O–H groups in total. The fourth-order valence-electron chi connectivity index (χ4n) is 1.13. The first kappa shape index (κ1) is 10.2. The van der Waals surface area contributed by atoms with Gasteiger partial charge in [-0.15, -0.1) is 5.10 Å². The van der Waals surface area contributed by atoms with E-state index in [1.807, 2.05) is 33.9 Å². The summed E-state index contributed by atoms with van der Waals surface area (Å²) in [5.74, 6) is 0. The molecule has 0 aliphatic rings. The highest BCUT2D eigenvalue weighted by molar-refractivity contribution is 4.96. The van der Waals surface area contributed by atoms with Crippen LogP contribution in [0.3, 0.4) is 0 Å². The Morgan fingerprint density at radius 2 is 2.15 bits per heavy atom. The first-order chi connectivity index (χ1) is 6.13. The van der Waals surface area contributed by atoms with E-state index in [1.54, 1.807) is 4.68 Å². The van der Waals surface area contributed by atoms with Gasteiger partial charge in [0.1, 0.15) is 11.8 Å². The monoisotopic (exact) mass is 183 g/mol. The summed E-state index contributed by atoms with van der Waals surface area (Å²) in [7, 11) is 0. The molecule has 1 aromatic heterocycles. The summed E-state index contributed by atoms with van der Waals surface area (Å²) in [5, 5.41) is 7.98. The highest BCUT2D eigenvalue weighted by atomic mass is 16.5. The second-order valence-electron chi connectivity index (χ2n) is 3.33. The third kappa shape index (κ3) is 2.81. The Balaban J connectivity index is 2.60. The molecule has 0 bridgehead atoms. The molecule has 74 valence electrons. The summed E-state index contributed by atoms with van der Waals surface area (Å²) in [5.41, 5.74) is 0.899. The van der Waals surface area contributed by atoms with Gasteiger partial charge >= 0.3 is 0 Å². The molecular weight excluding hydrogens is 166 g/mol. The van der Waals surface area contributed by atoms with Crippen LogP contribution < -0.4 is 0 Å². The molecule has 1 rings (SSSR count). The van der Waals surface area contributed by atoms with Gasteiger partial charge in [0.15, 0.2) is 0 Å². The van der Waals surface area contributed by atoms with Gasteiger partial charge in [-0.1, -0.05) is 5.21 Å². The molecule has 4 heteroatoms. The van der Waals surface area contributed by atoms with E-state index in [4.69, 9.17) is 4.74 Å². The number of hydrogen-bond acceptors (Lipinski definition) is 3. The fraction of sp³-hybridized carbons (Fsp3) is 0.778. The lowest BCUT2D eigenvalue weighted by Gasteiger charge is -2.12. The molecule has 1 heterocycles. The Bertz CT molecular complexity index is 257. The van der Waals surface area contributed by atoms with Gasteiger partial charge in [0, 0.05) is 6.54 Å². The smallest absolute Gasteiger partial charge is 0.111 e. The molecule has 0 aliphatic heterocycles. The molecule has 0 aromatic carbocycles. The zero-order valence-corrected chi connectivity index (χ0v) is 8.69. The summed E-state index contributed by atoms with van der Waals surface area (Å²) in [4.78, 5) is 0. The quantitative estimate of drug-likeness (QED) is 0.714. The van der Waals surface area contributed by atoms with Crippen LogP contribution in [0.1, 0.15) is 39.5 Å². The fourth-order valence-corrected chi connectivity index (χ4v) is 1.13. The van der Waals surface area contributed by atoms with Crippen LogP contribution in [-0.2, 0) is 11.3 Å². The van der Waals surface area contributed by atoms with Crippen LogP contribution in [0, 0.1) is 0 Å². The van der Waals surface area contributed by atoms with Crippen LogP contribution in [0.5, 0.6) is 0 Å². The molecule has 0 saturated carbocycles. The summed E-state index contributed by atoms with van der Waals surface area (Å²) < 4.78 is 7.38. The number of hydrogen-bond donors (Lipinski definition) is 0. The van der Waals surface area contributed by atoms with E-state index >= 15 is 0 Å². The lowest BCUT2D eigenvalue weighted by molar-refractivity contribution is 0.0154. The van der Waals surface area contributed by atoms with Crippen molar-refractivity contribution in [2.45, 2.75) is 46.4 Å². The topological polar surface area (TPSA) is 39.9 Å². The Labute approximate surface area is 78.9 Å². The van der Waals surface area contributed by atoms with Crippen molar-refractivity contribution < 1.29 is 4.74 Å². The standard InChI is InChI=1S/C9H17N3O/c1-5-12-6-9(10-11-12)8(4)13-7(2)3/h6-8H,5H2,1-4H3. The van der Waals surface area contributed by atoms with E-state index in [0.717, 1.165) is 12.2 Å². The third-order valence-corrected chi connectivity index (χ3v) is 1.77. The molecule has 0 aliphatic carbocycles. The number of aryl methyl sites for hydroxylation is 1. The highest BCUT2D eigenvalue weighted by Crippen LogP contribution is 2.14. The molecule has 0 fully saturated rings. The minimum absolute atomic E-state index is 0.0281. The second kappa shape index (κ2) is 4.37. The maximum absolute atomic E-state index is 5.58. The first-order valence-corrected chi connectivity index (χ1v) is 4.69. The number of nitrogens with zero attached hydrogens (tertiary/aromatic N) is 3. The van der Waals surface area contributed by atoms with Crippen LogP contribution in [0.25, 0.3) is 0 Å². The lowest BCUT2D eigenvalue weighted by Crippen LogP contribution is -2.07. The van der Waals surface area contributed by atoms with Gasteiger partial charge in [-0.05, 0) is 27.7 Å². The minimum atomic E-state index is 0.0281. The maximum Gasteiger partial charge on any atom is 0.111 e. The van der Waals surface area contributed by atoms with Crippen molar-refractivity contribution in [3.05, 3.63) is 11.9 Å². The lowest BCUT2D eigenvalue weighted by atomic mass is 10.3. The highest BCUT2D eigenvalue weighted by Gasteiger charge is 2.11. The van der Waals surface area contributed by atoms with Crippen molar-refractivity contribution in [1.29, 1.82) is 0 Å². The second-order valence-corrected chi connectivity index (χ2v) is 3.33. The average molecular weight is 183 g/mol. The van der Waals surface area contributed by atoms with E-state index in [-0.39, 0.29) is 12.2 Å². The summed E-state index contributed by atoms with van der Waals surface area (Å²) in [6, 6.07) is 0. The van der Waals surface area contributed by atoms with Gasteiger partial charge in [-0.25, -0.2) is 0 Å². The zero-order chi connectivity index (χ0) is 9.84. The van der Waals surface area contributed by atoms with Gasteiger partial charge in [0.2, 0.25) is 0 Å². The van der Waals surface area contributed by atoms with Crippen molar-refractivity contribution in [2.24, 2.45) is 0 Å². The Hall–Kier alpha value is -0.900. The van der Waals surface area contributed by atoms with E-state index < -0.39 is 0 Å². The number of rotatable bonds is 4. The Morgan fingerprint density at radius 3 is 2.62 bits per heavy atom. The molecule has 13 heavy (non-hydrogen) atoms. The summed E-state index contributed by atoms with van der Waals surface area (Å²) in [6.07, 6.45) is 2.18. The van der Waals surface area contributed by atoms with Gasteiger partial charge in [-0.3, -0.25) is 4.68 Å². The Kier molecular flexibility index (Phi) is 3.42. The SMILES string of the molecule is CCn1cc(C(C)OC(C)C)nn1. The molecule has 1 unspecified atom stereocenters. The average Bonchev–Trinajstić information content (AvgIpc) is 2.50. The maximum atomic E-state index is 5.58. The normalized spacial score (nSPS) is 13.6. The van der Waals surface area contributed by atoms with Crippen LogP contribution in [0.2, 0.25) is 0 Å². The largest absolute Gasteiger partial charge is 0.369 e. The van der Waals surface area contributed by atoms with E-state index in [2.05, 4.69) is 10.3 Å². The molecule has 0 amide bonds. The van der Waals surface area contributed by atoms with Crippen LogP contribution in [0.4, 0.5) is 0 Å². The predicted octanol–water partition coefficient (Wildman–Crippen LogP) is 1.78. The van der Waals surface area contributed by atoms with Crippen LogP contribution in [0.15, 0.2) is 6.20 Å². The van der Waals surface area contributed by atoms with Crippen LogP contribution in [-0.4, -0.2) is 21.1 Å². The number of aromatic nitrogens is 3. The first-order valence-electron chi connectivity index (χ1n) is 4.69. The molecule has 1 aromatic rings. The van der Waals surface area contributed by atoms with E-state index in [0.29, 0.717) is 0 Å². The molecule has 0 saturated heterocycles. The molecule has 1 atom stereocenters. The van der Waals surface area contributed by atoms with Crippen molar-refractivity contribution in [1.82, 2.24) is 15.0 Å². The molecule has 0 spiro atoms. The van der Waals surface area contributed by atoms with Gasteiger partial charge in [0.25, 0.3) is 0 Å². The molecule has 0 radical (unpaired) electrons. The third-order valence-electron chi connectivity index (χ3n) is 1.77. The van der Waals surface area contributed by atoms with Crippen molar-refractivity contribution in [3.8, 4) is 0 Å². The minimum Gasteiger partial charge on any atom is -0.369 e. The van der Waals surface area contributed by atoms with E-state index in [1.165, 1.54) is 0 Å². The Morgan fingerprint density at radius 1 is 1.46 bits per heavy atom. The van der Waals surface area contributed by atoms with Crippen molar-refractivity contribution in [2.75, 3.05) is 0 Å². The van der Waals surface area contributed by atoms with Crippen LogP contribution >= 0.6 is 0 Å². The van der Waals surface area contributed by atoms with E-state index in [9.17, 15) is 0 Å². The summed E-state index contributed by atoms with van der Waals surface area (Å²) in [6.45, 7) is 8.90. The van der Waals surface area contributed by atoms with Gasteiger partial charge in [0.05, 0.1) is 12.3 Å². The van der Waals surface area contributed by atoms with Crippen molar-refractivity contribution >= 4 is 0 Å². The predicted molar refractivity (Wildman–Crippen MR) is 50.3 cm³/mol.